The van der Waals surface area contributed by atoms with Crippen molar-refractivity contribution >= 4 is 38.5 Å². The summed E-state index contributed by atoms with van der Waals surface area (Å²) >= 11 is 9.53. The van der Waals surface area contributed by atoms with Crippen LogP contribution >= 0.6 is 27.5 Å². The third-order valence-corrected chi connectivity index (χ3v) is 3.92. The van der Waals surface area contributed by atoms with Crippen LogP contribution in [0, 0.1) is 5.82 Å². The molecule has 1 unspecified atom stereocenters. The van der Waals surface area contributed by atoms with Gasteiger partial charge in [-0.3, -0.25) is 0 Å². The lowest BCUT2D eigenvalue weighted by Gasteiger charge is -2.11. The molecule has 20 heavy (non-hydrogen) atoms. The first kappa shape index (κ1) is 13.6. The van der Waals surface area contributed by atoms with Crippen LogP contribution in [0.2, 0.25) is 5.02 Å². The minimum Gasteiger partial charge on any atom is -0.459 e. The molecular weight excluding hydrogens is 345 g/mol. The lowest BCUT2D eigenvalue weighted by atomic mass is 10.1. The number of halogens is 3. The first-order valence-electron chi connectivity index (χ1n) is 5.94. The van der Waals surface area contributed by atoms with Gasteiger partial charge in [-0.25, -0.2) is 4.39 Å². The standard InChI is InChI=1S/C15H10BrClFNO/c16-9-1-3-11(12(17)7-9)15(19)14-6-8-5-10(18)2-4-13(8)20-14/h1-7,15H,19H2. The van der Waals surface area contributed by atoms with E-state index in [2.05, 4.69) is 15.9 Å². The van der Waals surface area contributed by atoms with Crippen molar-refractivity contribution in [2.45, 2.75) is 6.04 Å². The number of hydrogen-bond acceptors (Lipinski definition) is 2. The second-order valence-corrected chi connectivity index (χ2v) is 5.80. The Hall–Kier alpha value is -1.36. The zero-order chi connectivity index (χ0) is 14.3. The molecule has 1 atom stereocenters. The van der Waals surface area contributed by atoms with E-state index < -0.39 is 6.04 Å². The third kappa shape index (κ3) is 2.46. The summed E-state index contributed by atoms with van der Waals surface area (Å²) in [5.74, 6) is 0.245. The summed E-state index contributed by atoms with van der Waals surface area (Å²) < 4.78 is 19.7. The van der Waals surface area contributed by atoms with Gasteiger partial charge in [-0.2, -0.15) is 0 Å². The van der Waals surface area contributed by atoms with E-state index in [1.807, 2.05) is 12.1 Å². The number of nitrogens with two attached hydrogens (primary N) is 1. The van der Waals surface area contributed by atoms with Gasteiger partial charge in [0.1, 0.15) is 17.2 Å². The molecule has 0 bridgehead atoms. The van der Waals surface area contributed by atoms with Crippen LogP contribution in [0.15, 0.2) is 51.4 Å². The average Bonchev–Trinajstić information content (AvgIpc) is 2.81. The van der Waals surface area contributed by atoms with Crippen LogP contribution in [0.25, 0.3) is 11.0 Å². The molecule has 0 fully saturated rings. The van der Waals surface area contributed by atoms with Crippen molar-refractivity contribution in [1.29, 1.82) is 0 Å². The lowest BCUT2D eigenvalue weighted by Crippen LogP contribution is -2.11. The molecule has 2 nitrogen and oxygen atoms in total. The molecule has 0 aliphatic rings. The van der Waals surface area contributed by atoms with Gasteiger partial charge in [-0.05, 0) is 42.0 Å². The van der Waals surface area contributed by atoms with E-state index in [1.165, 1.54) is 12.1 Å². The second-order valence-electron chi connectivity index (χ2n) is 4.47. The number of fused-ring (bicyclic) bond motifs is 1. The van der Waals surface area contributed by atoms with E-state index in [4.69, 9.17) is 21.8 Å². The zero-order valence-corrected chi connectivity index (χ0v) is 12.6. The molecule has 0 saturated heterocycles. The Morgan fingerprint density at radius 3 is 2.70 bits per heavy atom. The van der Waals surface area contributed by atoms with Crippen LogP contribution in [-0.4, -0.2) is 0 Å². The Bertz CT molecular complexity index is 787. The molecule has 5 heteroatoms. The fourth-order valence-corrected chi connectivity index (χ4v) is 2.89. The van der Waals surface area contributed by atoms with E-state index in [9.17, 15) is 4.39 Å². The topological polar surface area (TPSA) is 39.2 Å². The summed E-state index contributed by atoms with van der Waals surface area (Å²) in [6, 6.07) is 11.1. The van der Waals surface area contributed by atoms with Gasteiger partial charge in [-0.15, -0.1) is 0 Å². The number of hydrogen-bond donors (Lipinski definition) is 1. The van der Waals surface area contributed by atoms with Crippen LogP contribution in [0.4, 0.5) is 4.39 Å². The normalized spacial score (nSPS) is 12.8. The lowest BCUT2D eigenvalue weighted by molar-refractivity contribution is 0.524. The minimum atomic E-state index is -0.494. The van der Waals surface area contributed by atoms with Gasteiger partial charge in [0.25, 0.3) is 0 Å². The highest BCUT2D eigenvalue weighted by Crippen LogP contribution is 2.32. The maximum atomic E-state index is 13.2. The molecule has 1 aromatic heterocycles. The van der Waals surface area contributed by atoms with Gasteiger partial charge in [-0.1, -0.05) is 33.6 Å². The smallest absolute Gasteiger partial charge is 0.134 e. The van der Waals surface area contributed by atoms with E-state index in [-0.39, 0.29) is 5.82 Å². The molecule has 102 valence electrons. The van der Waals surface area contributed by atoms with Crippen molar-refractivity contribution in [2.75, 3.05) is 0 Å². The zero-order valence-electron chi connectivity index (χ0n) is 10.2. The van der Waals surface area contributed by atoms with Gasteiger partial charge in [0.2, 0.25) is 0 Å². The average molecular weight is 355 g/mol. The Balaban J connectivity index is 2.05. The van der Waals surface area contributed by atoms with Crippen molar-refractivity contribution in [1.82, 2.24) is 0 Å². The van der Waals surface area contributed by atoms with Crippen LogP contribution in [-0.2, 0) is 0 Å². The monoisotopic (exact) mass is 353 g/mol. The highest BCUT2D eigenvalue weighted by Gasteiger charge is 2.17. The molecular formula is C15H10BrClFNO. The molecule has 0 spiro atoms. The quantitative estimate of drug-likeness (QED) is 0.700. The molecule has 2 N–H and O–H groups in total. The first-order chi connectivity index (χ1) is 9.54. The molecule has 3 aromatic rings. The van der Waals surface area contributed by atoms with Crippen LogP contribution in [0.1, 0.15) is 17.4 Å². The van der Waals surface area contributed by atoms with Crippen molar-refractivity contribution in [3.63, 3.8) is 0 Å². The Kier molecular flexibility index (Phi) is 3.54. The second kappa shape index (κ2) is 5.20. The highest BCUT2D eigenvalue weighted by molar-refractivity contribution is 9.10. The fourth-order valence-electron chi connectivity index (χ4n) is 2.10. The molecule has 2 aromatic carbocycles. The van der Waals surface area contributed by atoms with Gasteiger partial charge in [0, 0.05) is 14.9 Å². The van der Waals surface area contributed by atoms with Crippen molar-refractivity contribution in [2.24, 2.45) is 5.73 Å². The minimum absolute atomic E-state index is 0.305. The third-order valence-electron chi connectivity index (χ3n) is 3.10. The number of furan rings is 1. The van der Waals surface area contributed by atoms with Crippen molar-refractivity contribution in [3.8, 4) is 0 Å². The number of rotatable bonds is 2. The summed E-state index contributed by atoms with van der Waals surface area (Å²) in [6.45, 7) is 0. The molecule has 0 aliphatic carbocycles. The van der Waals surface area contributed by atoms with E-state index in [0.29, 0.717) is 21.8 Å². The van der Waals surface area contributed by atoms with Gasteiger partial charge < -0.3 is 10.2 Å². The molecule has 1 heterocycles. The number of benzene rings is 2. The largest absolute Gasteiger partial charge is 0.459 e. The molecule has 0 aliphatic heterocycles. The Morgan fingerprint density at radius 1 is 1.15 bits per heavy atom. The van der Waals surface area contributed by atoms with Gasteiger partial charge in [0.05, 0.1) is 6.04 Å². The van der Waals surface area contributed by atoms with Crippen molar-refractivity contribution < 1.29 is 8.81 Å². The van der Waals surface area contributed by atoms with Crippen LogP contribution < -0.4 is 5.73 Å². The summed E-state index contributed by atoms with van der Waals surface area (Å²) in [6.07, 6.45) is 0. The van der Waals surface area contributed by atoms with Gasteiger partial charge >= 0.3 is 0 Å². The van der Waals surface area contributed by atoms with Crippen molar-refractivity contribution in [3.05, 3.63) is 69.1 Å². The van der Waals surface area contributed by atoms with Crippen LogP contribution in [0.5, 0.6) is 0 Å². The molecule has 3 rings (SSSR count). The van der Waals surface area contributed by atoms with Crippen LogP contribution in [0.3, 0.4) is 0 Å². The Labute approximate surface area is 128 Å². The predicted molar refractivity (Wildman–Crippen MR) is 81.4 cm³/mol. The van der Waals surface area contributed by atoms with Gasteiger partial charge in [0.15, 0.2) is 0 Å². The fraction of sp³-hybridized carbons (Fsp3) is 0.0667. The maximum Gasteiger partial charge on any atom is 0.134 e. The molecule has 0 amide bonds. The molecule has 0 radical (unpaired) electrons. The van der Waals surface area contributed by atoms with E-state index in [0.717, 1.165) is 10.0 Å². The summed E-state index contributed by atoms with van der Waals surface area (Å²) in [4.78, 5) is 0. The SMILES string of the molecule is NC(c1cc2cc(F)ccc2o1)c1ccc(Br)cc1Cl. The summed E-state index contributed by atoms with van der Waals surface area (Å²) in [7, 11) is 0. The maximum absolute atomic E-state index is 13.2. The summed E-state index contributed by atoms with van der Waals surface area (Å²) in [5, 5.41) is 1.24. The van der Waals surface area contributed by atoms with E-state index in [1.54, 1.807) is 18.2 Å². The first-order valence-corrected chi connectivity index (χ1v) is 7.11. The highest BCUT2D eigenvalue weighted by atomic mass is 79.9. The predicted octanol–water partition coefficient (Wildman–Crippen LogP) is 5.04. The Morgan fingerprint density at radius 2 is 1.95 bits per heavy atom. The van der Waals surface area contributed by atoms with E-state index >= 15 is 0 Å². The summed E-state index contributed by atoms with van der Waals surface area (Å²) in [5.41, 5.74) is 7.54. The molecule has 0 saturated carbocycles.